The van der Waals surface area contributed by atoms with Crippen LogP contribution in [0.15, 0.2) is 51.7 Å². The predicted octanol–water partition coefficient (Wildman–Crippen LogP) is 4.48. The van der Waals surface area contributed by atoms with Crippen molar-refractivity contribution in [2.45, 2.75) is 13.0 Å². The van der Waals surface area contributed by atoms with Crippen molar-refractivity contribution in [3.05, 3.63) is 58.4 Å². The van der Waals surface area contributed by atoms with Gasteiger partial charge >= 0.3 is 5.63 Å². The molecule has 0 aliphatic carbocycles. The number of benzene rings is 3. The summed E-state index contributed by atoms with van der Waals surface area (Å²) in [6.07, 6.45) is 0.537. The van der Waals surface area contributed by atoms with Crippen LogP contribution in [0, 0.1) is 0 Å². The van der Waals surface area contributed by atoms with Crippen molar-refractivity contribution in [2.24, 2.45) is 0 Å². The van der Waals surface area contributed by atoms with E-state index in [9.17, 15) is 25.2 Å². The number of methoxy groups -OCH3 is 2. The van der Waals surface area contributed by atoms with Gasteiger partial charge < -0.3 is 38.9 Å². The molecule has 36 heavy (non-hydrogen) atoms. The Hall–Kier alpha value is -4.79. The molecule has 0 spiro atoms. The molecule has 182 valence electrons. The van der Waals surface area contributed by atoms with Crippen LogP contribution in [0.5, 0.6) is 34.5 Å². The highest BCUT2D eigenvalue weighted by Crippen LogP contribution is 2.49. The molecule has 1 aliphatic heterocycles. The monoisotopic (exact) mass is 487 g/mol. The molecule has 0 atom stereocenters. The highest BCUT2D eigenvalue weighted by Gasteiger charge is 2.30. The SMILES string of the molecule is COc1cc2c(cc1O)CCn1c-2c(-c2ccc(O)c(O)c2)c2c3cc(O)c(OC)cc3oc(=O)c21. The lowest BCUT2D eigenvalue weighted by atomic mass is 9.91. The number of aromatic hydroxyl groups is 4. The number of aromatic nitrogens is 1. The zero-order valence-corrected chi connectivity index (χ0v) is 19.3. The first-order valence-corrected chi connectivity index (χ1v) is 11.1. The largest absolute Gasteiger partial charge is 0.504 e. The molecule has 4 N–H and O–H groups in total. The zero-order chi connectivity index (χ0) is 25.3. The molecule has 9 nitrogen and oxygen atoms in total. The van der Waals surface area contributed by atoms with E-state index < -0.39 is 5.63 Å². The van der Waals surface area contributed by atoms with E-state index in [1.165, 1.54) is 38.5 Å². The second kappa shape index (κ2) is 7.61. The van der Waals surface area contributed by atoms with Gasteiger partial charge in [0.1, 0.15) is 11.1 Å². The van der Waals surface area contributed by atoms with Gasteiger partial charge in [-0.05, 0) is 47.9 Å². The first-order chi connectivity index (χ1) is 17.3. The van der Waals surface area contributed by atoms with Gasteiger partial charge in [0.2, 0.25) is 0 Å². The molecule has 9 heteroatoms. The van der Waals surface area contributed by atoms with Gasteiger partial charge in [0.05, 0.1) is 19.9 Å². The molecule has 0 fully saturated rings. The van der Waals surface area contributed by atoms with Crippen molar-refractivity contribution in [3.8, 4) is 56.9 Å². The van der Waals surface area contributed by atoms with Crippen molar-refractivity contribution >= 4 is 21.9 Å². The predicted molar refractivity (Wildman–Crippen MR) is 132 cm³/mol. The number of ether oxygens (including phenoxy) is 2. The Morgan fingerprint density at radius 1 is 0.861 bits per heavy atom. The Labute approximate surface area is 203 Å². The van der Waals surface area contributed by atoms with E-state index in [2.05, 4.69) is 0 Å². The Morgan fingerprint density at radius 2 is 1.58 bits per heavy atom. The second-order valence-electron chi connectivity index (χ2n) is 8.64. The second-order valence-corrected chi connectivity index (χ2v) is 8.64. The Balaban J connectivity index is 1.85. The molecule has 0 saturated heterocycles. The number of hydrogen-bond donors (Lipinski definition) is 4. The van der Waals surface area contributed by atoms with Gasteiger partial charge in [0.25, 0.3) is 0 Å². The minimum absolute atomic E-state index is 0.00613. The van der Waals surface area contributed by atoms with Gasteiger partial charge in [-0.25, -0.2) is 4.79 Å². The van der Waals surface area contributed by atoms with E-state index in [0.717, 1.165) is 11.1 Å². The first kappa shape index (κ1) is 21.7. The molecule has 0 radical (unpaired) electrons. The van der Waals surface area contributed by atoms with E-state index in [1.54, 1.807) is 18.2 Å². The fourth-order valence-corrected chi connectivity index (χ4v) is 5.13. The molecule has 3 heterocycles. The maximum Gasteiger partial charge on any atom is 0.361 e. The molecule has 1 aliphatic rings. The minimum Gasteiger partial charge on any atom is -0.504 e. The zero-order valence-electron chi connectivity index (χ0n) is 19.3. The summed E-state index contributed by atoms with van der Waals surface area (Å²) in [6.45, 7) is 0.424. The summed E-state index contributed by atoms with van der Waals surface area (Å²) in [5.74, 6) is -0.302. The van der Waals surface area contributed by atoms with Crippen molar-refractivity contribution in [1.29, 1.82) is 0 Å². The van der Waals surface area contributed by atoms with Crippen molar-refractivity contribution in [2.75, 3.05) is 14.2 Å². The van der Waals surface area contributed by atoms with Crippen LogP contribution >= 0.6 is 0 Å². The van der Waals surface area contributed by atoms with E-state index in [1.807, 2.05) is 4.57 Å². The van der Waals surface area contributed by atoms with Crippen LogP contribution in [0.2, 0.25) is 0 Å². The lowest BCUT2D eigenvalue weighted by Crippen LogP contribution is -2.14. The van der Waals surface area contributed by atoms with Crippen LogP contribution < -0.4 is 15.1 Å². The molecular formula is C27H21NO8. The van der Waals surface area contributed by atoms with Gasteiger partial charge in [-0.2, -0.15) is 0 Å². The van der Waals surface area contributed by atoms with E-state index in [-0.39, 0.29) is 40.1 Å². The number of nitrogens with zero attached hydrogens (tertiary/aromatic N) is 1. The molecule has 3 aromatic carbocycles. The van der Waals surface area contributed by atoms with Gasteiger partial charge in [-0.1, -0.05) is 6.07 Å². The average molecular weight is 487 g/mol. The van der Waals surface area contributed by atoms with Gasteiger partial charge in [0.15, 0.2) is 34.5 Å². The molecule has 0 amide bonds. The first-order valence-electron chi connectivity index (χ1n) is 11.1. The van der Waals surface area contributed by atoms with Crippen LogP contribution in [0.3, 0.4) is 0 Å². The highest BCUT2D eigenvalue weighted by molar-refractivity contribution is 6.17. The summed E-state index contributed by atoms with van der Waals surface area (Å²) in [5.41, 5.74) is 3.31. The Kier molecular flexibility index (Phi) is 4.59. The lowest BCUT2D eigenvalue weighted by molar-refractivity contribution is 0.373. The molecular weight excluding hydrogens is 466 g/mol. The number of fused-ring (bicyclic) bond motifs is 7. The third-order valence-corrected chi connectivity index (χ3v) is 6.74. The average Bonchev–Trinajstić information content (AvgIpc) is 3.22. The third-order valence-electron chi connectivity index (χ3n) is 6.74. The molecule has 0 unspecified atom stereocenters. The number of phenols is 4. The number of aryl methyl sites for hydroxylation is 2. The quantitative estimate of drug-likeness (QED) is 0.216. The van der Waals surface area contributed by atoms with Crippen molar-refractivity contribution in [1.82, 2.24) is 4.57 Å². The van der Waals surface area contributed by atoms with E-state index in [0.29, 0.717) is 46.1 Å². The summed E-state index contributed by atoms with van der Waals surface area (Å²) in [5, 5.41) is 42.2. The molecule has 5 aromatic rings. The molecule has 0 saturated carbocycles. The maximum atomic E-state index is 13.4. The highest BCUT2D eigenvalue weighted by atomic mass is 16.5. The van der Waals surface area contributed by atoms with Crippen LogP contribution in [0.1, 0.15) is 5.56 Å². The van der Waals surface area contributed by atoms with Gasteiger partial charge in [-0.15, -0.1) is 0 Å². The van der Waals surface area contributed by atoms with Crippen molar-refractivity contribution in [3.63, 3.8) is 0 Å². The number of phenolic OH excluding ortho intramolecular Hbond substituents is 4. The lowest BCUT2D eigenvalue weighted by Gasteiger charge is -2.22. The van der Waals surface area contributed by atoms with Gasteiger partial charge in [0, 0.05) is 34.5 Å². The van der Waals surface area contributed by atoms with Gasteiger partial charge in [-0.3, -0.25) is 0 Å². The molecule has 0 bridgehead atoms. The van der Waals surface area contributed by atoms with E-state index >= 15 is 0 Å². The standard InChI is InChI=1S/C27H21NO8/c1-34-21-10-14-12(7-18(21)31)5-6-28-25(14)23(13-3-4-16(29)17(30)8-13)24-15-9-19(32)22(35-2)11-20(15)36-27(33)26(24)28/h3-4,7-11,29-32H,5-6H2,1-2H3. The summed E-state index contributed by atoms with van der Waals surface area (Å²) in [6, 6.07) is 10.7. The maximum absolute atomic E-state index is 13.4. The van der Waals surface area contributed by atoms with Crippen LogP contribution in [0.25, 0.3) is 44.3 Å². The fraction of sp³-hybridized carbons (Fsp3) is 0.148. The molecule has 6 rings (SSSR count). The third kappa shape index (κ3) is 2.92. The Bertz CT molecular complexity index is 1780. The summed E-state index contributed by atoms with van der Waals surface area (Å²) in [4.78, 5) is 13.4. The van der Waals surface area contributed by atoms with E-state index in [4.69, 9.17) is 13.9 Å². The number of hydrogen-bond acceptors (Lipinski definition) is 8. The topological polar surface area (TPSA) is 135 Å². The van der Waals surface area contributed by atoms with Crippen LogP contribution in [-0.4, -0.2) is 39.2 Å². The summed E-state index contributed by atoms with van der Waals surface area (Å²) in [7, 11) is 2.86. The van der Waals surface area contributed by atoms with Crippen molar-refractivity contribution < 1.29 is 34.3 Å². The minimum atomic E-state index is -0.574. The number of rotatable bonds is 3. The normalized spacial score (nSPS) is 12.5. The smallest absolute Gasteiger partial charge is 0.361 e. The molecule has 2 aromatic heterocycles. The van der Waals surface area contributed by atoms with Crippen LogP contribution in [-0.2, 0) is 13.0 Å². The Morgan fingerprint density at radius 3 is 2.31 bits per heavy atom. The summed E-state index contributed by atoms with van der Waals surface area (Å²) >= 11 is 0. The fourth-order valence-electron chi connectivity index (χ4n) is 5.13. The van der Waals surface area contributed by atoms with Crippen LogP contribution in [0.4, 0.5) is 0 Å². The summed E-state index contributed by atoms with van der Waals surface area (Å²) < 4.78 is 18.1.